The molecule has 6 nitrogen and oxygen atoms in total. The Morgan fingerprint density at radius 1 is 1.44 bits per heavy atom. The second-order valence-corrected chi connectivity index (χ2v) is 5.52. The fourth-order valence-electron chi connectivity index (χ4n) is 1.70. The fraction of sp³-hybridized carbons (Fsp3) is 0.556. The van der Waals surface area contributed by atoms with E-state index in [-0.39, 0.29) is 17.7 Å². The summed E-state index contributed by atoms with van der Waals surface area (Å²) in [5, 5.41) is 3.14. The average molecular weight is 242 g/mol. The van der Waals surface area contributed by atoms with Crippen LogP contribution in [-0.4, -0.2) is 36.7 Å². The van der Waals surface area contributed by atoms with Gasteiger partial charge in [0.05, 0.1) is 5.75 Å². The third-order valence-corrected chi connectivity index (χ3v) is 3.73. The Hall–Kier alpha value is -1.21. The Morgan fingerprint density at radius 3 is 2.81 bits per heavy atom. The largest absolute Gasteiger partial charge is 0.313 e. The van der Waals surface area contributed by atoms with Crippen molar-refractivity contribution in [1.29, 1.82) is 0 Å². The third-order valence-electron chi connectivity index (χ3n) is 2.40. The van der Waals surface area contributed by atoms with Gasteiger partial charge < -0.3 is 5.32 Å². The van der Waals surface area contributed by atoms with Gasteiger partial charge in [0.15, 0.2) is 0 Å². The minimum Gasteiger partial charge on any atom is -0.313 e. The lowest BCUT2D eigenvalue weighted by atomic mass is 10.3. The van der Waals surface area contributed by atoms with Crippen LogP contribution in [0.15, 0.2) is 18.5 Å². The third kappa shape index (κ3) is 3.14. The molecule has 1 fully saturated rings. The van der Waals surface area contributed by atoms with Gasteiger partial charge in [-0.05, 0) is 25.5 Å². The molecule has 1 unspecified atom stereocenters. The fourth-order valence-corrected chi connectivity index (χ4v) is 2.98. The maximum absolute atomic E-state index is 11.7. The summed E-state index contributed by atoms with van der Waals surface area (Å²) in [6.45, 7) is 0.891. The highest BCUT2D eigenvalue weighted by Gasteiger charge is 2.22. The van der Waals surface area contributed by atoms with Crippen molar-refractivity contribution in [2.75, 3.05) is 17.0 Å². The van der Waals surface area contributed by atoms with Gasteiger partial charge in [0.1, 0.15) is 0 Å². The van der Waals surface area contributed by atoms with Crippen molar-refractivity contribution in [2.45, 2.75) is 18.9 Å². The minimum atomic E-state index is -3.36. The molecule has 2 rings (SSSR count). The molecule has 1 aliphatic rings. The second kappa shape index (κ2) is 4.75. The first-order valence-electron chi connectivity index (χ1n) is 5.17. The second-order valence-electron chi connectivity index (χ2n) is 3.75. The molecule has 1 atom stereocenters. The first kappa shape index (κ1) is 11.3. The van der Waals surface area contributed by atoms with Gasteiger partial charge in [0.25, 0.3) is 0 Å². The normalized spacial score (nSPS) is 20.9. The smallest absolute Gasteiger partial charge is 0.236 e. The molecule has 0 radical (unpaired) electrons. The Balaban J connectivity index is 1.97. The molecular formula is C9H14N4O2S. The lowest BCUT2D eigenvalue weighted by molar-refractivity contribution is 0.581. The number of rotatable bonds is 4. The van der Waals surface area contributed by atoms with E-state index in [2.05, 4.69) is 20.0 Å². The zero-order chi connectivity index (χ0) is 11.4. The van der Waals surface area contributed by atoms with Crippen LogP contribution in [0.25, 0.3) is 0 Å². The highest BCUT2D eigenvalue weighted by atomic mass is 32.2. The molecule has 0 aromatic carbocycles. The lowest BCUT2D eigenvalue weighted by Gasteiger charge is -2.11. The molecule has 0 amide bonds. The predicted octanol–water partition coefficient (Wildman–Crippen LogP) is -0.0297. The van der Waals surface area contributed by atoms with E-state index >= 15 is 0 Å². The summed E-state index contributed by atoms with van der Waals surface area (Å²) in [7, 11) is -3.36. The van der Waals surface area contributed by atoms with Gasteiger partial charge in [0.2, 0.25) is 16.0 Å². The van der Waals surface area contributed by atoms with Crippen LogP contribution in [0.2, 0.25) is 0 Å². The van der Waals surface area contributed by atoms with Crippen molar-refractivity contribution in [3.05, 3.63) is 18.5 Å². The molecule has 0 aliphatic carbocycles. The van der Waals surface area contributed by atoms with Crippen LogP contribution >= 0.6 is 0 Å². The Bertz CT molecular complexity index is 428. The molecule has 1 aromatic heterocycles. The molecule has 1 saturated heterocycles. The molecule has 0 spiro atoms. The summed E-state index contributed by atoms with van der Waals surface area (Å²) < 4.78 is 25.8. The molecule has 7 heteroatoms. The summed E-state index contributed by atoms with van der Waals surface area (Å²) in [5.41, 5.74) is 0. The molecule has 88 valence electrons. The number of nitrogens with zero attached hydrogens (tertiary/aromatic N) is 2. The monoisotopic (exact) mass is 242 g/mol. The molecule has 0 saturated carbocycles. The van der Waals surface area contributed by atoms with Gasteiger partial charge in [-0.2, -0.15) is 0 Å². The number of sulfonamides is 1. The Labute approximate surface area is 94.6 Å². The number of aromatic nitrogens is 2. The van der Waals surface area contributed by atoms with E-state index in [0.29, 0.717) is 0 Å². The van der Waals surface area contributed by atoms with Crippen LogP contribution in [0.3, 0.4) is 0 Å². The minimum absolute atomic E-state index is 0.0428. The Morgan fingerprint density at radius 2 is 2.19 bits per heavy atom. The van der Waals surface area contributed by atoms with Gasteiger partial charge >= 0.3 is 0 Å². The van der Waals surface area contributed by atoms with Gasteiger partial charge in [-0.1, -0.05) is 0 Å². The molecule has 2 heterocycles. The van der Waals surface area contributed by atoms with Crippen molar-refractivity contribution in [3.63, 3.8) is 0 Å². The molecule has 1 aliphatic heterocycles. The average Bonchev–Trinajstić information content (AvgIpc) is 2.70. The van der Waals surface area contributed by atoms with Gasteiger partial charge in [0, 0.05) is 18.4 Å². The highest BCUT2D eigenvalue weighted by molar-refractivity contribution is 7.92. The van der Waals surface area contributed by atoms with E-state index in [4.69, 9.17) is 0 Å². The van der Waals surface area contributed by atoms with Crippen LogP contribution in [0.5, 0.6) is 0 Å². The first-order chi connectivity index (χ1) is 7.66. The van der Waals surface area contributed by atoms with E-state index in [1.807, 2.05) is 0 Å². The van der Waals surface area contributed by atoms with Crippen LogP contribution in [0.1, 0.15) is 12.8 Å². The quantitative estimate of drug-likeness (QED) is 0.774. The van der Waals surface area contributed by atoms with E-state index in [1.54, 1.807) is 6.07 Å². The van der Waals surface area contributed by atoms with E-state index in [0.717, 1.165) is 19.4 Å². The van der Waals surface area contributed by atoms with E-state index < -0.39 is 10.0 Å². The zero-order valence-electron chi connectivity index (χ0n) is 8.76. The molecule has 2 N–H and O–H groups in total. The van der Waals surface area contributed by atoms with E-state index in [1.165, 1.54) is 12.4 Å². The highest BCUT2D eigenvalue weighted by Crippen LogP contribution is 2.09. The summed E-state index contributed by atoms with van der Waals surface area (Å²) in [6.07, 6.45) is 4.93. The summed E-state index contributed by atoms with van der Waals surface area (Å²) in [4.78, 5) is 7.63. The first-order valence-corrected chi connectivity index (χ1v) is 6.82. The number of hydrogen-bond donors (Lipinski definition) is 2. The summed E-state index contributed by atoms with van der Waals surface area (Å²) in [6, 6.07) is 1.68. The van der Waals surface area contributed by atoms with Crippen molar-refractivity contribution >= 4 is 16.0 Å². The maximum Gasteiger partial charge on any atom is 0.236 e. The van der Waals surface area contributed by atoms with Crippen molar-refractivity contribution in [2.24, 2.45) is 0 Å². The zero-order valence-corrected chi connectivity index (χ0v) is 9.57. The summed E-state index contributed by atoms with van der Waals surface area (Å²) >= 11 is 0. The predicted molar refractivity (Wildman–Crippen MR) is 60.5 cm³/mol. The number of anilines is 1. The maximum atomic E-state index is 11.7. The molecule has 16 heavy (non-hydrogen) atoms. The van der Waals surface area contributed by atoms with Gasteiger partial charge in [-0.25, -0.2) is 18.4 Å². The Kier molecular flexibility index (Phi) is 3.35. The number of nitrogens with one attached hydrogen (secondary N) is 2. The van der Waals surface area contributed by atoms with Gasteiger partial charge in [-0.3, -0.25) is 4.72 Å². The topological polar surface area (TPSA) is 84.0 Å². The van der Waals surface area contributed by atoms with Crippen LogP contribution in [0.4, 0.5) is 5.95 Å². The van der Waals surface area contributed by atoms with Gasteiger partial charge in [-0.15, -0.1) is 0 Å². The lowest BCUT2D eigenvalue weighted by Crippen LogP contribution is -2.33. The van der Waals surface area contributed by atoms with E-state index in [9.17, 15) is 8.42 Å². The standard InChI is InChI=1S/C9H14N4O2S/c14-16(15,7-8-3-1-4-10-8)13-9-11-5-2-6-12-9/h2,5-6,8,10H,1,3-4,7H2,(H,11,12,13). The van der Waals surface area contributed by atoms with Crippen LogP contribution < -0.4 is 10.0 Å². The summed E-state index contributed by atoms with van der Waals surface area (Å²) in [5.74, 6) is 0.200. The molecule has 0 bridgehead atoms. The van der Waals surface area contributed by atoms with Crippen LogP contribution in [0, 0.1) is 0 Å². The van der Waals surface area contributed by atoms with Crippen molar-refractivity contribution in [3.8, 4) is 0 Å². The molecule has 1 aromatic rings. The number of hydrogen-bond acceptors (Lipinski definition) is 5. The van der Waals surface area contributed by atoms with Crippen LogP contribution in [-0.2, 0) is 10.0 Å². The molecular weight excluding hydrogens is 228 g/mol. The van der Waals surface area contributed by atoms with Crippen molar-refractivity contribution < 1.29 is 8.42 Å². The van der Waals surface area contributed by atoms with Crippen molar-refractivity contribution in [1.82, 2.24) is 15.3 Å². The SMILES string of the molecule is O=S(=O)(CC1CCCN1)Nc1ncccn1.